The second-order valence-electron chi connectivity index (χ2n) is 8.07. The number of rotatable bonds is 2. The van der Waals surface area contributed by atoms with E-state index in [1.165, 1.54) is 0 Å². The van der Waals surface area contributed by atoms with E-state index in [0.717, 1.165) is 49.9 Å². The van der Waals surface area contributed by atoms with Gasteiger partial charge >= 0.3 is 0 Å². The summed E-state index contributed by atoms with van der Waals surface area (Å²) in [7, 11) is 2.04. The average molecular weight is 409 g/mol. The van der Waals surface area contributed by atoms with E-state index in [4.69, 9.17) is 11.9 Å². The van der Waals surface area contributed by atoms with Gasteiger partial charge in [0.1, 0.15) is 24.0 Å². The van der Waals surface area contributed by atoms with Crippen LogP contribution in [0.3, 0.4) is 0 Å². The van der Waals surface area contributed by atoms with E-state index in [1.54, 1.807) is 0 Å². The minimum atomic E-state index is -1.46. The molecule has 31 heavy (non-hydrogen) atoms. The first-order chi connectivity index (χ1) is 16.0. The molecule has 1 aliphatic heterocycles. The Morgan fingerprint density at radius 3 is 2.61 bits per heavy atom. The lowest BCUT2D eigenvalue weighted by Gasteiger charge is -2.20. The standard InChI is InChI=1S/C28H24NO2/c1-18-14-15-23-22-10-5-9-21(19-8-6-13-25-20(19)11-7-17-30-25)27(22)31-28(23)26(18)24-12-3-4-16-29(24)2/h3-6,8-10,12-16H,7,11,17H2,1-2H3/q+1/i11D2. The zero-order valence-corrected chi connectivity index (χ0v) is 17.6. The molecule has 0 bridgehead atoms. The lowest BCUT2D eigenvalue weighted by atomic mass is 9.93. The number of pyridine rings is 1. The Balaban J connectivity index is 1.69. The van der Waals surface area contributed by atoms with Crippen molar-refractivity contribution in [1.29, 1.82) is 0 Å². The fourth-order valence-electron chi connectivity index (χ4n) is 4.67. The monoisotopic (exact) mass is 408 g/mol. The van der Waals surface area contributed by atoms with E-state index < -0.39 is 6.37 Å². The van der Waals surface area contributed by atoms with Crippen LogP contribution in [0.5, 0.6) is 5.75 Å². The van der Waals surface area contributed by atoms with Gasteiger partial charge in [0, 0.05) is 36.8 Å². The molecule has 0 unspecified atom stereocenters. The molecule has 0 radical (unpaired) electrons. The van der Waals surface area contributed by atoms with Gasteiger partial charge in [-0.15, -0.1) is 0 Å². The van der Waals surface area contributed by atoms with Gasteiger partial charge in [-0.05, 0) is 43.0 Å². The summed E-state index contributed by atoms with van der Waals surface area (Å²) in [5, 5.41) is 2.08. The quantitative estimate of drug-likeness (QED) is 0.317. The number of aromatic nitrogens is 1. The number of benzene rings is 3. The van der Waals surface area contributed by atoms with Crippen LogP contribution < -0.4 is 9.30 Å². The maximum Gasteiger partial charge on any atom is 0.216 e. The van der Waals surface area contributed by atoms with Crippen LogP contribution in [0.1, 0.15) is 20.3 Å². The first kappa shape index (κ1) is 16.1. The first-order valence-electron chi connectivity index (χ1n) is 11.6. The summed E-state index contributed by atoms with van der Waals surface area (Å²) in [4.78, 5) is 0. The third-order valence-corrected chi connectivity index (χ3v) is 6.16. The summed E-state index contributed by atoms with van der Waals surface area (Å²) < 4.78 is 31.9. The van der Waals surface area contributed by atoms with E-state index in [1.807, 2.05) is 55.7 Å². The Labute approximate surface area is 184 Å². The molecule has 0 atom stereocenters. The zero-order chi connectivity index (χ0) is 22.7. The molecule has 5 aromatic rings. The van der Waals surface area contributed by atoms with Gasteiger partial charge in [-0.25, -0.2) is 4.57 Å². The molecule has 0 amide bonds. The van der Waals surface area contributed by atoms with Gasteiger partial charge in [0.2, 0.25) is 5.69 Å². The molecule has 6 rings (SSSR count). The maximum absolute atomic E-state index is 8.67. The van der Waals surface area contributed by atoms with Crippen LogP contribution in [-0.2, 0) is 13.4 Å². The smallest absolute Gasteiger partial charge is 0.216 e. The topological polar surface area (TPSA) is 26.2 Å². The van der Waals surface area contributed by atoms with Crippen LogP contribution in [-0.4, -0.2) is 6.61 Å². The Hall–Kier alpha value is -3.59. The molecular formula is C28H24NO2+. The molecule has 152 valence electrons. The lowest BCUT2D eigenvalue weighted by molar-refractivity contribution is -0.660. The normalized spacial score (nSPS) is 15.9. The van der Waals surface area contributed by atoms with Crippen molar-refractivity contribution < 1.29 is 16.5 Å². The molecule has 0 fully saturated rings. The highest BCUT2D eigenvalue weighted by atomic mass is 16.5. The number of fused-ring (bicyclic) bond motifs is 4. The summed E-state index contributed by atoms with van der Waals surface area (Å²) >= 11 is 0. The summed E-state index contributed by atoms with van der Waals surface area (Å²) in [5.74, 6) is 0.615. The zero-order valence-electron chi connectivity index (χ0n) is 19.6. The summed E-state index contributed by atoms with van der Waals surface area (Å²) in [6.45, 7) is 2.49. The minimum absolute atomic E-state index is 0.334. The molecule has 0 saturated heterocycles. The second kappa shape index (κ2) is 6.98. The number of ether oxygens (including phenoxy) is 1. The van der Waals surface area contributed by atoms with Crippen molar-refractivity contribution >= 4 is 21.9 Å². The molecule has 0 aliphatic carbocycles. The van der Waals surface area contributed by atoms with Gasteiger partial charge in [0.05, 0.1) is 12.2 Å². The fraction of sp³-hybridized carbons (Fsp3) is 0.179. The minimum Gasteiger partial charge on any atom is -0.493 e. The van der Waals surface area contributed by atoms with Crippen molar-refractivity contribution in [3.63, 3.8) is 0 Å². The molecule has 3 heterocycles. The number of furan rings is 1. The van der Waals surface area contributed by atoms with E-state index in [2.05, 4.69) is 35.8 Å². The highest BCUT2D eigenvalue weighted by molar-refractivity contribution is 6.13. The van der Waals surface area contributed by atoms with Crippen LogP contribution >= 0.6 is 0 Å². The van der Waals surface area contributed by atoms with E-state index in [0.29, 0.717) is 24.3 Å². The van der Waals surface area contributed by atoms with Gasteiger partial charge in [0.25, 0.3) is 0 Å². The fourth-order valence-corrected chi connectivity index (χ4v) is 4.67. The van der Waals surface area contributed by atoms with Gasteiger partial charge in [-0.3, -0.25) is 0 Å². The lowest BCUT2D eigenvalue weighted by Crippen LogP contribution is -2.30. The predicted octanol–water partition coefficient (Wildman–Crippen LogP) is 6.38. The van der Waals surface area contributed by atoms with Crippen molar-refractivity contribution in [3.05, 3.63) is 84.1 Å². The average Bonchev–Trinajstić information content (AvgIpc) is 3.18. The highest BCUT2D eigenvalue weighted by Crippen LogP contribution is 2.42. The molecule has 0 N–H and O–H groups in total. The number of hydrogen-bond donors (Lipinski definition) is 0. The molecule has 3 nitrogen and oxygen atoms in total. The third-order valence-electron chi connectivity index (χ3n) is 6.16. The third kappa shape index (κ3) is 2.77. The van der Waals surface area contributed by atoms with Gasteiger partial charge in [-0.2, -0.15) is 0 Å². The van der Waals surface area contributed by atoms with Crippen molar-refractivity contribution in [2.45, 2.75) is 19.7 Å². The van der Waals surface area contributed by atoms with Crippen molar-refractivity contribution in [2.75, 3.05) is 6.61 Å². The van der Waals surface area contributed by atoms with E-state index in [9.17, 15) is 0 Å². The van der Waals surface area contributed by atoms with Crippen LogP contribution in [0.2, 0.25) is 0 Å². The molecule has 3 heteroatoms. The Morgan fingerprint density at radius 1 is 0.871 bits per heavy atom. The van der Waals surface area contributed by atoms with Crippen molar-refractivity contribution in [2.24, 2.45) is 7.05 Å². The van der Waals surface area contributed by atoms with Crippen LogP contribution in [0.4, 0.5) is 0 Å². The van der Waals surface area contributed by atoms with Crippen LogP contribution in [0.15, 0.2) is 77.3 Å². The van der Waals surface area contributed by atoms with Crippen molar-refractivity contribution in [3.8, 4) is 28.1 Å². The molecule has 1 aliphatic rings. The maximum atomic E-state index is 8.67. The molecule has 3 aromatic carbocycles. The predicted molar refractivity (Wildman–Crippen MR) is 124 cm³/mol. The molecule has 2 aromatic heterocycles. The summed E-state index contributed by atoms with van der Waals surface area (Å²) in [6, 6.07) is 22.3. The Bertz CT molecular complexity index is 1550. The first-order valence-corrected chi connectivity index (χ1v) is 10.6. The number of para-hydroxylation sites is 1. The SMILES string of the molecule is [2H]C1([2H])CCOc2cccc(-c3cccc4c3oc3c(-c5cccc[n+]5C)c(C)ccc34)c21. The Morgan fingerprint density at radius 2 is 1.71 bits per heavy atom. The molecule has 0 spiro atoms. The van der Waals surface area contributed by atoms with Gasteiger partial charge < -0.3 is 9.15 Å². The molecular weight excluding hydrogens is 382 g/mol. The van der Waals surface area contributed by atoms with E-state index in [-0.39, 0.29) is 0 Å². The second-order valence-corrected chi connectivity index (χ2v) is 8.07. The highest BCUT2D eigenvalue weighted by Gasteiger charge is 2.23. The number of aryl methyl sites for hydroxylation is 2. The van der Waals surface area contributed by atoms with Crippen molar-refractivity contribution in [1.82, 2.24) is 0 Å². The Kier molecular flexibility index (Phi) is 3.64. The van der Waals surface area contributed by atoms with E-state index >= 15 is 0 Å². The number of hydrogen-bond acceptors (Lipinski definition) is 2. The molecule has 0 saturated carbocycles. The number of nitrogens with zero attached hydrogens (tertiary/aromatic N) is 1. The van der Waals surface area contributed by atoms with Crippen LogP contribution in [0, 0.1) is 6.92 Å². The van der Waals surface area contributed by atoms with Gasteiger partial charge in [-0.1, -0.05) is 42.5 Å². The largest absolute Gasteiger partial charge is 0.493 e. The van der Waals surface area contributed by atoms with Crippen LogP contribution in [0.25, 0.3) is 44.3 Å². The summed E-state index contributed by atoms with van der Waals surface area (Å²) in [5.41, 5.74) is 7.24. The van der Waals surface area contributed by atoms with Gasteiger partial charge in [0.15, 0.2) is 6.20 Å². The summed E-state index contributed by atoms with van der Waals surface area (Å²) in [6.07, 6.45) is 0.916.